The van der Waals surface area contributed by atoms with E-state index in [1.165, 1.54) is 6.07 Å². The highest BCUT2D eigenvalue weighted by Crippen LogP contribution is 2.42. The Labute approximate surface area is 160 Å². The van der Waals surface area contributed by atoms with E-state index in [1.54, 1.807) is 0 Å². The second kappa shape index (κ2) is 6.60. The predicted molar refractivity (Wildman–Crippen MR) is 106 cm³/mol. The molecule has 1 aliphatic heterocycles. The number of Topliss-reactive ketones (excluding diaryl/α,β-unsaturated/α-hetero) is 1. The van der Waals surface area contributed by atoms with Gasteiger partial charge in [-0.05, 0) is 35.8 Å². The minimum atomic E-state index is -1.91. The van der Waals surface area contributed by atoms with Crippen LogP contribution >= 0.6 is 0 Å². The van der Waals surface area contributed by atoms with Crippen molar-refractivity contribution in [3.05, 3.63) is 47.5 Å². The van der Waals surface area contributed by atoms with Gasteiger partial charge in [-0.2, -0.15) is 0 Å². The van der Waals surface area contributed by atoms with Gasteiger partial charge in [-0.25, -0.2) is 0 Å². The fraction of sp³-hybridized carbons (Fsp3) is 0.381. The number of carbonyl (C=O) groups is 1. The highest BCUT2D eigenvalue weighted by Gasteiger charge is 2.39. The number of rotatable bonds is 3. The third kappa shape index (κ3) is 3.81. The molecule has 0 saturated heterocycles. The Morgan fingerprint density at radius 1 is 1.11 bits per heavy atom. The minimum absolute atomic E-state index is 0.109. The van der Waals surface area contributed by atoms with Crippen LogP contribution in [-0.4, -0.2) is 24.3 Å². The van der Waals surface area contributed by atoms with Crippen LogP contribution in [-0.2, 0) is 0 Å². The Hall–Kier alpha value is -2.47. The van der Waals surface area contributed by atoms with Crippen LogP contribution in [0.2, 0.25) is 18.1 Å². The summed E-state index contributed by atoms with van der Waals surface area (Å²) >= 11 is 0. The fourth-order valence-electron chi connectivity index (χ4n) is 2.81. The van der Waals surface area contributed by atoms with Gasteiger partial charge in [-0.3, -0.25) is 4.79 Å². The summed E-state index contributed by atoms with van der Waals surface area (Å²) in [4.78, 5) is 12.4. The quantitative estimate of drug-likeness (QED) is 0.710. The van der Waals surface area contributed by atoms with Crippen LogP contribution in [0.1, 0.15) is 49.2 Å². The molecule has 0 aromatic heterocycles. The maximum absolute atomic E-state index is 12.4. The predicted octanol–water partition coefficient (Wildman–Crippen LogP) is 5.19. The molecule has 0 saturated carbocycles. The maximum atomic E-state index is 12.4. The van der Waals surface area contributed by atoms with E-state index in [-0.39, 0.29) is 40.1 Å². The molecular weight excluding hydrogens is 360 g/mol. The second-order valence-electron chi connectivity index (χ2n) is 8.50. The molecule has 1 aliphatic rings. The molecule has 0 aliphatic carbocycles. The smallest absolute Gasteiger partial charge is 0.250 e. The summed E-state index contributed by atoms with van der Waals surface area (Å²) in [6.07, 6.45) is -0.332. The van der Waals surface area contributed by atoms with Crippen molar-refractivity contribution in [1.82, 2.24) is 0 Å². The van der Waals surface area contributed by atoms with Crippen LogP contribution in [0.15, 0.2) is 36.4 Å². The number of aromatic hydroxyl groups is 2. The summed E-state index contributed by atoms with van der Waals surface area (Å²) in [5.74, 6) is 0.406. The number of hydrogen-bond acceptors (Lipinski definition) is 5. The van der Waals surface area contributed by atoms with E-state index >= 15 is 0 Å². The lowest BCUT2D eigenvalue weighted by molar-refractivity contribution is 0.0845. The van der Waals surface area contributed by atoms with Crippen LogP contribution in [0.4, 0.5) is 0 Å². The van der Waals surface area contributed by atoms with E-state index in [0.717, 1.165) is 17.4 Å². The molecule has 5 nitrogen and oxygen atoms in total. The Kier molecular flexibility index (Phi) is 4.72. The standard InChI is InChI=1S/C21H26O5Si/c1-21(2,3)27(4,5)26-15-8-6-13(7-9-15)18-12-17(24)20-16(23)10-14(22)11-19(20)25-18/h6-11,18,22-23H,12H2,1-5H3. The Balaban J connectivity index is 1.81. The number of benzene rings is 2. The average molecular weight is 387 g/mol. The number of fused-ring (bicyclic) bond motifs is 1. The highest BCUT2D eigenvalue weighted by molar-refractivity contribution is 6.74. The van der Waals surface area contributed by atoms with Gasteiger partial charge in [0.2, 0.25) is 8.32 Å². The first-order chi connectivity index (χ1) is 12.5. The number of hydrogen-bond donors (Lipinski definition) is 2. The minimum Gasteiger partial charge on any atom is -0.544 e. The SMILES string of the molecule is CC(C)(C)[Si](C)(C)Oc1ccc(C2CC(=O)c3c(O)cc(O)cc3O2)cc1. The van der Waals surface area contributed by atoms with Gasteiger partial charge in [-0.1, -0.05) is 32.9 Å². The van der Waals surface area contributed by atoms with E-state index in [1.807, 2.05) is 24.3 Å². The van der Waals surface area contributed by atoms with Crippen molar-refractivity contribution >= 4 is 14.1 Å². The maximum Gasteiger partial charge on any atom is 0.250 e. The van der Waals surface area contributed by atoms with Crippen LogP contribution in [0.25, 0.3) is 0 Å². The van der Waals surface area contributed by atoms with Crippen molar-refractivity contribution in [2.45, 2.75) is 51.4 Å². The van der Waals surface area contributed by atoms with Crippen molar-refractivity contribution in [1.29, 1.82) is 0 Å². The Morgan fingerprint density at radius 3 is 2.33 bits per heavy atom. The normalized spacial score (nSPS) is 17.2. The number of phenols is 2. The van der Waals surface area contributed by atoms with Crippen molar-refractivity contribution in [3.63, 3.8) is 0 Å². The van der Waals surface area contributed by atoms with Crippen LogP contribution in [0.5, 0.6) is 23.0 Å². The number of ether oxygens (including phenoxy) is 1. The third-order valence-corrected chi connectivity index (χ3v) is 9.77. The van der Waals surface area contributed by atoms with Crippen LogP contribution < -0.4 is 9.16 Å². The molecule has 0 fully saturated rings. The summed E-state index contributed by atoms with van der Waals surface area (Å²) in [7, 11) is -1.91. The zero-order valence-electron chi connectivity index (χ0n) is 16.4. The number of phenolic OH excluding ortho intramolecular Hbond substituents is 2. The van der Waals surface area contributed by atoms with E-state index < -0.39 is 14.4 Å². The first-order valence-corrected chi connectivity index (χ1v) is 11.9. The van der Waals surface area contributed by atoms with E-state index in [4.69, 9.17) is 9.16 Å². The van der Waals surface area contributed by atoms with Gasteiger partial charge in [0.1, 0.15) is 34.7 Å². The largest absolute Gasteiger partial charge is 0.544 e. The summed E-state index contributed by atoms with van der Waals surface area (Å²) in [5, 5.41) is 19.7. The molecule has 2 N–H and O–H groups in total. The van der Waals surface area contributed by atoms with Gasteiger partial charge in [-0.15, -0.1) is 0 Å². The number of carbonyl (C=O) groups excluding carboxylic acids is 1. The van der Waals surface area contributed by atoms with Crippen molar-refractivity contribution in [2.24, 2.45) is 0 Å². The van der Waals surface area contributed by atoms with Gasteiger partial charge in [0, 0.05) is 12.1 Å². The summed E-state index contributed by atoms with van der Waals surface area (Å²) in [6.45, 7) is 11.0. The van der Waals surface area contributed by atoms with Gasteiger partial charge < -0.3 is 19.4 Å². The molecule has 1 heterocycles. The molecule has 0 radical (unpaired) electrons. The molecule has 27 heavy (non-hydrogen) atoms. The zero-order chi connectivity index (χ0) is 20.0. The molecule has 6 heteroatoms. The van der Waals surface area contributed by atoms with Crippen molar-refractivity contribution in [3.8, 4) is 23.0 Å². The van der Waals surface area contributed by atoms with Crippen molar-refractivity contribution < 1.29 is 24.2 Å². The van der Waals surface area contributed by atoms with Gasteiger partial charge in [0.15, 0.2) is 5.78 Å². The molecular formula is C21H26O5Si. The van der Waals surface area contributed by atoms with E-state index in [2.05, 4.69) is 33.9 Å². The van der Waals surface area contributed by atoms with Gasteiger partial charge in [0.25, 0.3) is 0 Å². The van der Waals surface area contributed by atoms with Gasteiger partial charge in [0.05, 0.1) is 6.42 Å². The van der Waals surface area contributed by atoms with Gasteiger partial charge >= 0.3 is 0 Å². The molecule has 144 valence electrons. The number of ketones is 1. The molecule has 0 amide bonds. The van der Waals surface area contributed by atoms with Crippen LogP contribution in [0, 0.1) is 0 Å². The summed E-state index contributed by atoms with van der Waals surface area (Å²) in [6, 6.07) is 10.1. The summed E-state index contributed by atoms with van der Waals surface area (Å²) < 4.78 is 12.2. The third-order valence-electron chi connectivity index (χ3n) is 5.42. The summed E-state index contributed by atoms with van der Waals surface area (Å²) in [5.41, 5.74) is 0.973. The molecule has 0 bridgehead atoms. The Bertz CT molecular complexity index is 865. The van der Waals surface area contributed by atoms with E-state index in [0.29, 0.717) is 0 Å². The first-order valence-electron chi connectivity index (χ1n) is 9.03. The second-order valence-corrected chi connectivity index (χ2v) is 13.2. The Morgan fingerprint density at radius 2 is 1.74 bits per heavy atom. The van der Waals surface area contributed by atoms with E-state index in [9.17, 15) is 15.0 Å². The zero-order valence-corrected chi connectivity index (χ0v) is 17.4. The molecule has 3 rings (SSSR count). The van der Waals surface area contributed by atoms with Crippen molar-refractivity contribution in [2.75, 3.05) is 0 Å². The molecule has 2 aromatic rings. The lowest BCUT2D eigenvalue weighted by Gasteiger charge is -2.36. The van der Waals surface area contributed by atoms with Crippen LogP contribution in [0.3, 0.4) is 0 Å². The fourth-order valence-corrected chi connectivity index (χ4v) is 3.84. The lowest BCUT2D eigenvalue weighted by atomic mass is 9.95. The average Bonchev–Trinajstić information content (AvgIpc) is 2.53. The molecule has 1 unspecified atom stereocenters. The molecule has 0 spiro atoms. The molecule has 1 atom stereocenters. The lowest BCUT2D eigenvalue weighted by Crippen LogP contribution is -2.43. The monoisotopic (exact) mass is 386 g/mol. The molecule has 2 aromatic carbocycles. The first kappa shape index (κ1) is 19.3. The topological polar surface area (TPSA) is 76.0 Å². The highest BCUT2D eigenvalue weighted by atomic mass is 28.4.